The lowest BCUT2D eigenvalue weighted by atomic mass is 10.1. The molecule has 0 aliphatic heterocycles. The van der Waals surface area contributed by atoms with Crippen molar-refractivity contribution >= 4 is 38.7 Å². The zero-order chi connectivity index (χ0) is 11.7. The molecule has 2 rings (SSSR count). The van der Waals surface area contributed by atoms with Crippen LogP contribution in [0.25, 0.3) is 0 Å². The fraction of sp³-hybridized carbons (Fsp3) is 0.0833. The van der Waals surface area contributed by atoms with E-state index in [0.29, 0.717) is 11.3 Å². The minimum atomic E-state index is 0.0406. The first-order valence-electron chi connectivity index (χ1n) is 4.74. The van der Waals surface area contributed by atoms with Gasteiger partial charge in [0.2, 0.25) is 5.78 Å². The first-order chi connectivity index (χ1) is 7.58. The van der Waals surface area contributed by atoms with Crippen LogP contribution in [0.4, 0.5) is 5.69 Å². The van der Waals surface area contributed by atoms with Crippen molar-refractivity contribution in [3.05, 3.63) is 50.1 Å². The molecule has 0 aliphatic rings. The van der Waals surface area contributed by atoms with E-state index in [1.54, 1.807) is 24.3 Å². The highest BCUT2D eigenvalue weighted by atomic mass is 79.9. The van der Waals surface area contributed by atoms with E-state index in [-0.39, 0.29) is 5.78 Å². The number of hydrogen-bond donors (Lipinski definition) is 1. The molecule has 0 saturated carbocycles. The Morgan fingerprint density at radius 1 is 1.31 bits per heavy atom. The molecule has 2 aromatic rings. The number of aryl methyl sites for hydroxylation is 1. The number of halogens is 1. The quantitative estimate of drug-likeness (QED) is 0.679. The van der Waals surface area contributed by atoms with Crippen LogP contribution in [0.1, 0.15) is 20.1 Å². The SMILES string of the molecule is Cc1sc(C(=O)c2ccc(N)cc2)cc1Br. The van der Waals surface area contributed by atoms with E-state index in [0.717, 1.165) is 14.2 Å². The largest absolute Gasteiger partial charge is 0.399 e. The number of hydrogen-bond acceptors (Lipinski definition) is 3. The molecule has 82 valence electrons. The molecule has 1 heterocycles. The van der Waals surface area contributed by atoms with E-state index in [2.05, 4.69) is 15.9 Å². The third-order valence-electron chi connectivity index (χ3n) is 2.25. The van der Waals surface area contributed by atoms with Crippen LogP contribution in [0.3, 0.4) is 0 Å². The van der Waals surface area contributed by atoms with Crippen LogP contribution in [0, 0.1) is 6.92 Å². The molecule has 0 saturated heterocycles. The number of nitrogens with two attached hydrogens (primary N) is 1. The number of benzene rings is 1. The zero-order valence-electron chi connectivity index (χ0n) is 8.66. The van der Waals surface area contributed by atoms with Crippen molar-refractivity contribution in [1.29, 1.82) is 0 Å². The van der Waals surface area contributed by atoms with Gasteiger partial charge in [-0.3, -0.25) is 4.79 Å². The molecule has 0 aliphatic carbocycles. The molecule has 2 nitrogen and oxygen atoms in total. The predicted octanol–water partition coefficient (Wildman–Crippen LogP) is 3.63. The van der Waals surface area contributed by atoms with E-state index in [1.807, 2.05) is 13.0 Å². The van der Waals surface area contributed by atoms with Gasteiger partial charge in [0.1, 0.15) is 0 Å². The molecule has 0 unspecified atom stereocenters. The van der Waals surface area contributed by atoms with Gasteiger partial charge in [-0.25, -0.2) is 0 Å². The number of rotatable bonds is 2. The van der Waals surface area contributed by atoms with Gasteiger partial charge in [0.25, 0.3) is 0 Å². The maximum absolute atomic E-state index is 12.1. The molecular formula is C12H10BrNOS. The fourth-order valence-corrected chi connectivity index (χ4v) is 2.85. The summed E-state index contributed by atoms with van der Waals surface area (Å²) in [5, 5.41) is 0. The maximum Gasteiger partial charge on any atom is 0.202 e. The second-order valence-electron chi connectivity index (χ2n) is 3.47. The van der Waals surface area contributed by atoms with Gasteiger partial charge in [0.15, 0.2) is 0 Å². The van der Waals surface area contributed by atoms with Crippen molar-refractivity contribution in [2.24, 2.45) is 0 Å². The third-order valence-corrected chi connectivity index (χ3v) is 4.39. The van der Waals surface area contributed by atoms with E-state index in [1.165, 1.54) is 11.3 Å². The smallest absolute Gasteiger partial charge is 0.202 e. The van der Waals surface area contributed by atoms with Crippen molar-refractivity contribution in [3.63, 3.8) is 0 Å². The molecule has 0 bridgehead atoms. The van der Waals surface area contributed by atoms with E-state index >= 15 is 0 Å². The lowest BCUT2D eigenvalue weighted by Gasteiger charge is -1.98. The summed E-state index contributed by atoms with van der Waals surface area (Å²) in [5.74, 6) is 0.0406. The van der Waals surface area contributed by atoms with Gasteiger partial charge in [-0.15, -0.1) is 11.3 Å². The highest BCUT2D eigenvalue weighted by molar-refractivity contribution is 9.10. The maximum atomic E-state index is 12.1. The molecule has 1 aromatic heterocycles. The summed E-state index contributed by atoms with van der Waals surface area (Å²) < 4.78 is 0.983. The third kappa shape index (κ3) is 2.18. The Kier molecular flexibility index (Phi) is 3.12. The molecule has 4 heteroatoms. The molecule has 0 radical (unpaired) electrons. The first-order valence-corrected chi connectivity index (χ1v) is 6.35. The highest BCUT2D eigenvalue weighted by Crippen LogP contribution is 2.28. The van der Waals surface area contributed by atoms with E-state index < -0.39 is 0 Å². The summed E-state index contributed by atoms with van der Waals surface area (Å²) in [6.07, 6.45) is 0. The van der Waals surface area contributed by atoms with Gasteiger partial charge in [0.05, 0.1) is 4.88 Å². The Morgan fingerprint density at radius 2 is 1.94 bits per heavy atom. The second kappa shape index (κ2) is 4.39. The van der Waals surface area contributed by atoms with Crippen LogP contribution in [0.5, 0.6) is 0 Å². The lowest BCUT2D eigenvalue weighted by molar-refractivity contribution is 0.104. The molecule has 0 spiro atoms. The molecule has 0 amide bonds. The molecule has 2 N–H and O–H groups in total. The molecule has 1 aromatic carbocycles. The Bertz CT molecular complexity index is 511. The molecule has 0 atom stereocenters. The monoisotopic (exact) mass is 295 g/mol. The average Bonchev–Trinajstić information content (AvgIpc) is 2.59. The van der Waals surface area contributed by atoms with Gasteiger partial charge < -0.3 is 5.73 Å². The summed E-state index contributed by atoms with van der Waals surface area (Å²) in [6, 6.07) is 8.84. The predicted molar refractivity (Wildman–Crippen MR) is 71.0 cm³/mol. The van der Waals surface area contributed by atoms with Crippen LogP contribution < -0.4 is 5.73 Å². The number of carbonyl (C=O) groups excluding carboxylic acids is 1. The summed E-state index contributed by atoms with van der Waals surface area (Å²) in [6.45, 7) is 1.98. The Labute approximate surface area is 106 Å². The van der Waals surface area contributed by atoms with Gasteiger partial charge in [-0.05, 0) is 53.2 Å². The number of anilines is 1. The van der Waals surface area contributed by atoms with Gasteiger partial charge in [-0.2, -0.15) is 0 Å². The number of carbonyl (C=O) groups is 1. The van der Waals surface area contributed by atoms with Crippen molar-refractivity contribution in [3.8, 4) is 0 Å². The highest BCUT2D eigenvalue weighted by Gasteiger charge is 2.13. The van der Waals surface area contributed by atoms with Gasteiger partial charge >= 0.3 is 0 Å². The molecular weight excluding hydrogens is 286 g/mol. The topological polar surface area (TPSA) is 43.1 Å². The molecule has 16 heavy (non-hydrogen) atoms. The normalized spacial score (nSPS) is 10.4. The number of thiophene rings is 1. The van der Waals surface area contributed by atoms with Crippen molar-refractivity contribution in [1.82, 2.24) is 0 Å². The Balaban J connectivity index is 2.35. The Hall–Kier alpha value is -1.13. The van der Waals surface area contributed by atoms with Crippen LogP contribution >= 0.6 is 27.3 Å². The zero-order valence-corrected chi connectivity index (χ0v) is 11.1. The molecule has 0 fully saturated rings. The second-order valence-corrected chi connectivity index (χ2v) is 5.58. The van der Waals surface area contributed by atoms with Gasteiger partial charge in [-0.1, -0.05) is 0 Å². The Morgan fingerprint density at radius 3 is 2.44 bits per heavy atom. The van der Waals surface area contributed by atoms with Crippen LogP contribution in [0.2, 0.25) is 0 Å². The lowest BCUT2D eigenvalue weighted by Crippen LogP contribution is -1.98. The summed E-state index contributed by atoms with van der Waals surface area (Å²) in [7, 11) is 0. The van der Waals surface area contributed by atoms with Gasteiger partial charge in [0, 0.05) is 20.6 Å². The summed E-state index contributed by atoms with van der Waals surface area (Å²) in [4.78, 5) is 13.9. The standard InChI is InChI=1S/C12H10BrNOS/c1-7-10(13)6-11(16-7)12(15)8-2-4-9(14)5-3-8/h2-6H,14H2,1H3. The van der Waals surface area contributed by atoms with Crippen LogP contribution in [-0.4, -0.2) is 5.78 Å². The van der Waals surface area contributed by atoms with Crippen molar-refractivity contribution in [2.45, 2.75) is 6.92 Å². The average molecular weight is 296 g/mol. The van der Waals surface area contributed by atoms with E-state index in [4.69, 9.17) is 5.73 Å². The summed E-state index contributed by atoms with van der Waals surface area (Å²) >= 11 is 4.90. The van der Waals surface area contributed by atoms with E-state index in [9.17, 15) is 4.79 Å². The minimum Gasteiger partial charge on any atom is -0.399 e. The minimum absolute atomic E-state index is 0.0406. The summed E-state index contributed by atoms with van der Waals surface area (Å²) in [5.41, 5.74) is 6.91. The van der Waals surface area contributed by atoms with Crippen LogP contribution in [0.15, 0.2) is 34.8 Å². The van der Waals surface area contributed by atoms with Crippen molar-refractivity contribution < 1.29 is 4.79 Å². The van der Waals surface area contributed by atoms with Crippen molar-refractivity contribution in [2.75, 3.05) is 5.73 Å². The van der Waals surface area contributed by atoms with Crippen LogP contribution in [-0.2, 0) is 0 Å². The number of ketones is 1. The number of nitrogen functional groups attached to an aromatic ring is 1. The fourth-order valence-electron chi connectivity index (χ4n) is 1.35. The first kappa shape index (κ1) is 11.4.